The van der Waals surface area contributed by atoms with E-state index in [0.29, 0.717) is 0 Å². The Morgan fingerprint density at radius 2 is 2.12 bits per heavy atom. The molecule has 2 N–H and O–H groups in total. The molecule has 0 unspecified atom stereocenters. The number of carbonyl (C=O) groups is 1. The number of halogens is 2. The number of carbonyl (C=O) groups excluding carboxylic acids is 1. The number of hydrogen-bond donors (Lipinski definition) is 1. The Labute approximate surface area is 93.4 Å². The number of methoxy groups -OCH3 is 1. The quantitative estimate of drug-likeness (QED) is 0.783. The van der Waals surface area contributed by atoms with Crippen molar-refractivity contribution in [2.75, 3.05) is 12.8 Å². The second-order valence-corrected chi connectivity index (χ2v) is 4.15. The van der Waals surface area contributed by atoms with Gasteiger partial charge in [0.15, 0.2) is 0 Å². The molecule has 0 saturated carbocycles. The average molecular weight is 243 g/mol. The number of rotatable bonds is 1. The summed E-state index contributed by atoms with van der Waals surface area (Å²) in [5.41, 5.74) is 5.60. The number of benzene rings is 1. The van der Waals surface area contributed by atoms with E-state index in [0.717, 1.165) is 23.5 Å². The van der Waals surface area contributed by atoms with Crippen LogP contribution in [0.2, 0.25) is 0 Å². The Morgan fingerprint density at radius 3 is 2.75 bits per heavy atom. The highest BCUT2D eigenvalue weighted by Gasteiger charge is 2.19. The summed E-state index contributed by atoms with van der Waals surface area (Å²) in [6.07, 6.45) is 0. The fourth-order valence-corrected chi connectivity index (χ4v) is 2.49. The third kappa shape index (κ3) is 1.51. The first-order valence-corrected chi connectivity index (χ1v) is 5.11. The minimum Gasteiger partial charge on any atom is -0.465 e. The second kappa shape index (κ2) is 3.71. The smallest absolute Gasteiger partial charge is 0.350 e. The molecule has 0 aliphatic carbocycles. The highest BCUT2D eigenvalue weighted by Crippen LogP contribution is 2.36. The summed E-state index contributed by atoms with van der Waals surface area (Å²) in [6.45, 7) is 0. The van der Waals surface area contributed by atoms with Crippen LogP contribution in [0.1, 0.15) is 9.67 Å². The Bertz CT molecular complexity index is 580. The summed E-state index contributed by atoms with van der Waals surface area (Å²) >= 11 is 0.905. The first-order valence-electron chi connectivity index (χ1n) is 4.30. The molecule has 1 aromatic carbocycles. The number of nitrogen functional groups attached to an aromatic ring is 1. The van der Waals surface area contributed by atoms with Crippen molar-refractivity contribution in [2.45, 2.75) is 0 Å². The molecule has 3 nitrogen and oxygen atoms in total. The van der Waals surface area contributed by atoms with E-state index in [1.54, 1.807) is 0 Å². The van der Waals surface area contributed by atoms with Crippen molar-refractivity contribution in [1.29, 1.82) is 0 Å². The largest absolute Gasteiger partial charge is 0.465 e. The van der Waals surface area contributed by atoms with Gasteiger partial charge in [0, 0.05) is 10.8 Å². The van der Waals surface area contributed by atoms with Gasteiger partial charge in [-0.2, -0.15) is 0 Å². The fourth-order valence-electron chi connectivity index (χ4n) is 1.41. The summed E-state index contributed by atoms with van der Waals surface area (Å²) < 4.78 is 31.1. The molecule has 0 bridgehead atoms. The fraction of sp³-hybridized carbons (Fsp3) is 0.100. The van der Waals surface area contributed by atoms with Crippen LogP contribution in [-0.4, -0.2) is 13.1 Å². The van der Waals surface area contributed by atoms with Gasteiger partial charge in [0.05, 0.1) is 18.2 Å². The highest BCUT2D eigenvalue weighted by molar-refractivity contribution is 7.21. The van der Waals surface area contributed by atoms with Crippen molar-refractivity contribution >= 4 is 33.1 Å². The van der Waals surface area contributed by atoms with Gasteiger partial charge in [-0.3, -0.25) is 0 Å². The lowest BCUT2D eigenvalue weighted by atomic mass is 10.2. The molecule has 1 heterocycles. The Balaban J connectivity index is 2.78. The SMILES string of the molecule is COC(=O)c1sc2cc(F)cc(F)c2c1N. The zero-order chi connectivity index (χ0) is 11.9. The molecule has 0 aliphatic rings. The van der Waals surface area contributed by atoms with Crippen LogP contribution in [0, 0.1) is 11.6 Å². The van der Waals surface area contributed by atoms with Crippen LogP contribution in [0.15, 0.2) is 12.1 Å². The first-order chi connectivity index (χ1) is 7.54. The molecule has 0 spiro atoms. The predicted octanol–water partition coefficient (Wildman–Crippen LogP) is 2.55. The van der Waals surface area contributed by atoms with E-state index >= 15 is 0 Å². The average Bonchev–Trinajstić information content (AvgIpc) is 2.54. The molecule has 84 valence electrons. The third-order valence-corrected chi connectivity index (χ3v) is 3.25. The summed E-state index contributed by atoms with van der Waals surface area (Å²) in [6, 6.07) is 1.86. The molecule has 0 radical (unpaired) electrons. The van der Waals surface area contributed by atoms with Crippen molar-refractivity contribution in [1.82, 2.24) is 0 Å². The van der Waals surface area contributed by atoms with Crippen LogP contribution in [0.25, 0.3) is 10.1 Å². The zero-order valence-electron chi connectivity index (χ0n) is 8.21. The molecule has 2 rings (SSSR count). The Kier molecular flexibility index (Phi) is 2.51. The topological polar surface area (TPSA) is 52.3 Å². The summed E-state index contributed by atoms with van der Waals surface area (Å²) in [4.78, 5) is 11.4. The number of thiophene rings is 1. The molecule has 0 saturated heterocycles. The monoisotopic (exact) mass is 243 g/mol. The number of fused-ring (bicyclic) bond motifs is 1. The van der Waals surface area contributed by atoms with E-state index in [9.17, 15) is 13.6 Å². The van der Waals surface area contributed by atoms with Gasteiger partial charge in [0.25, 0.3) is 0 Å². The van der Waals surface area contributed by atoms with Crippen molar-refractivity contribution in [2.24, 2.45) is 0 Å². The van der Waals surface area contributed by atoms with Crippen LogP contribution in [0.3, 0.4) is 0 Å². The maximum Gasteiger partial charge on any atom is 0.350 e. The number of esters is 1. The van der Waals surface area contributed by atoms with Gasteiger partial charge in [0.1, 0.15) is 16.5 Å². The van der Waals surface area contributed by atoms with Crippen molar-refractivity contribution < 1.29 is 18.3 Å². The molecule has 16 heavy (non-hydrogen) atoms. The van der Waals surface area contributed by atoms with Crippen molar-refractivity contribution in [3.05, 3.63) is 28.6 Å². The maximum absolute atomic E-state index is 13.4. The van der Waals surface area contributed by atoms with Gasteiger partial charge in [-0.1, -0.05) is 0 Å². The lowest BCUT2D eigenvalue weighted by molar-refractivity contribution is 0.0607. The van der Waals surface area contributed by atoms with E-state index in [4.69, 9.17) is 5.73 Å². The number of ether oxygens (including phenoxy) is 1. The van der Waals surface area contributed by atoms with E-state index < -0.39 is 17.6 Å². The van der Waals surface area contributed by atoms with E-state index in [2.05, 4.69) is 4.74 Å². The summed E-state index contributed by atoms with van der Waals surface area (Å²) in [7, 11) is 1.20. The molecule has 0 amide bonds. The summed E-state index contributed by atoms with van der Waals surface area (Å²) in [5.74, 6) is -2.14. The predicted molar refractivity (Wildman–Crippen MR) is 57.5 cm³/mol. The van der Waals surface area contributed by atoms with Crippen molar-refractivity contribution in [3.8, 4) is 0 Å². The van der Waals surface area contributed by atoms with Gasteiger partial charge in [-0.15, -0.1) is 11.3 Å². The number of nitrogens with two attached hydrogens (primary N) is 1. The lowest BCUT2D eigenvalue weighted by Crippen LogP contribution is -2.01. The molecule has 0 fully saturated rings. The highest BCUT2D eigenvalue weighted by atomic mass is 32.1. The molecule has 6 heteroatoms. The van der Waals surface area contributed by atoms with Gasteiger partial charge >= 0.3 is 5.97 Å². The zero-order valence-corrected chi connectivity index (χ0v) is 9.03. The first kappa shape index (κ1) is 10.8. The lowest BCUT2D eigenvalue weighted by Gasteiger charge is -1.97. The third-order valence-electron chi connectivity index (χ3n) is 2.12. The maximum atomic E-state index is 13.4. The Hall–Kier alpha value is -1.69. The van der Waals surface area contributed by atoms with Crippen LogP contribution in [-0.2, 0) is 4.74 Å². The molecule has 2 aromatic rings. The standard InChI is InChI=1S/C10H7F2NO2S/c1-15-10(14)9-8(13)7-5(12)2-4(11)3-6(7)16-9/h2-3H,13H2,1H3. The molecular formula is C10H7F2NO2S. The van der Waals surface area contributed by atoms with Gasteiger partial charge in [-0.25, -0.2) is 13.6 Å². The van der Waals surface area contributed by atoms with E-state index in [1.165, 1.54) is 7.11 Å². The number of anilines is 1. The van der Waals surface area contributed by atoms with Gasteiger partial charge in [0.2, 0.25) is 0 Å². The Morgan fingerprint density at radius 1 is 1.44 bits per heavy atom. The van der Waals surface area contributed by atoms with Crippen LogP contribution in [0.5, 0.6) is 0 Å². The van der Waals surface area contributed by atoms with Gasteiger partial charge < -0.3 is 10.5 Å². The minimum absolute atomic E-state index is 0.00986. The van der Waals surface area contributed by atoms with Crippen LogP contribution in [0.4, 0.5) is 14.5 Å². The van der Waals surface area contributed by atoms with Gasteiger partial charge in [-0.05, 0) is 6.07 Å². The molecule has 0 atom stereocenters. The van der Waals surface area contributed by atoms with Crippen LogP contribution >= 0.6 is 11.3 Å². The normalized spacial score (nSPS) is 10.7. The molecule has 0 aliphatic heterocycles. The molecular weight excluding hydrogens is 236 g/mol. The van der Waals surface area contributed by atoms with E-state index in [1.807, 2.05) is 0 Å². The molecule has 1 aromatic heterocycles. The minimum atomic E-state index is -0.779. The van der Waals surface area contributed by atoms with E-state index in [-0.39, 0.29) is 20.7 Å². The van der Waals surface area contributed by atoms with Crippen molar-refractivity contribution in [3.63, 3.8) is 0 Å². The second-order valence-electron chi connectivity index (χ2n) is 3.10. The van der Waals surface area contributed by atoms with Crippen LogP contribution < -0.4 is 5.73 Å². The number of hydrogen-bond acceptors (Lipinski definition) is 4. The summed E-state index contributed by atoms with van der Waals surface area (Å²) in [5, 5.41) is 0.0619.